The van der Waals surface area contributed by atoms with E-state index in [0.717, 1.165) is 0 Å². The normalized spacial score (nSPS) is 27.4. The summed E-state index contributed by atoms with van der Waals surface area (Å²) in [5.41, 5.74) is 4.21. The standard InChI is InChI=1S/C31H50N4O8/c1-9-11-20(24(36)25(32)37)33-26(38)23-21-19(31(21,7)8)15-35(23)27(39)22(34-29(41)43-30(4,5)6)17-12-10-13-18(14-17)28(40)42-16(2)3/h16-23H,9-15H2,1-8H3,(H2,32,37)(H,33,38)(H,34,41)/t17?,18?,19?,20?,21?,22-,23+/m1/s1. The quantitative estimate of drug-likeness (QED) is 0.237. The maximum atomic E-state index is 14.4. The van der Waals surface area contributed by atoms with Gasteiger partial charge in [-0.25, -0.2) is 4.79 Å². The third-order valence-electron chi connectivity index (χ3n) is 9.02. The molecule has 4 N–H and O–H groups in total. The van der Waals surface area contributed by atoms with Gasteiger partial charge in [0.05, 0.1) is 18.1 Å². The van der Waals surface area contributed by atoms with Crippen molar-refractivity contribution in [3.63, 3.8) is 0 Å². The number of hydrogen-bond donors (Lipinski definition) is 3. The van der Waals surface area contributed by atoms with E-state index in [1.807, 2.05) is 20.8 Å². The van der Waals surface area contributed by atoms with E-state index in [-0.39, 0.29) is 35.7 Å². The number of nitrogens with one attached hydrogen (secondary N) is 2. The molecule has 12 nitrogen and oxygen atoms in total. The number of hydrogen-bond acceptors (Lipinski definition) is 8. The van der Waals surface area contributed by atoms with Gasteiger partial charge in [0.1, 0.15) is 17.7 Å². The van der Waals surface area contributed by atoms with Crippen LogP contribution in [0.5, 0.6) is 0 Å². The number of carbonyl (C=O) groups is 6. The van der Waals surface area contributed by atoms with Crippen LogP contribution in [0.25, 0.3) is 0 Å². The van der Waals surface area contributed by atoms with Crippen LogP contribution in [0.3, 0.4) is 0 Å². The van der Waals surface area contributed by atoms with Gasteiger partial charge in [0.2, 0.25) is 17.6 Å². The van der Waals surface area contributed by atoms with Crippen LogP contribution in [0.2, 0.25) is 0 Å². The summed E-state index contributed by atoms with van der Waals surface area (Å²) < 4.78 is 10.9. The van der Waals surface area contributed by atoms with Crippen molar-refractivity contribution in [2.45, 2.75) is 124 Å². The first kappa shape index (κ1) is 34.3. The van der Waals surface area contributed by atoms with Crippen molar-refractivity contribution in [1.82, 2.24) is 15.5 Å². The number of rotatable bonds is 11. The van der Waals surface area contributed by atoms with Crippen molar-refractivity contribution in [3.8, 4) is 0 Å². The summed E-state index contributed by atoms with van der Waals surface area (Å²) in [4.78, 5) is 79.5. The molecule has 0 aromatic heterocycles. The first-order valence-electron chi connectivity index (χ1n) is 15.5. The van der Waals surface area contributed by atoms with E-state index < -0.39 is 65.2 Å². The molecule has 2 aliphatic carbocycles. The summed E-state index contributed by atoms with van der Waals surface area (Å²) in [7, 11) is 0. The SMILES string of the molecule is CCCC(NC(=O)[C@@H]1C2C(CN1C(=O)[C@H](NC(=O)OC(C)(C)C)C1CCCC(C(=O)OC(C)C)C1)C2(C)C)C(=O)C(N)=O. The Kier molecular flexibility index (Phi) is 10.5. The number of nitrogens with two attached hydrogens (primary N) is 1. The molecule has 0 radical (unpaired) electrons. The van der Waals surface area contributed by atoms with E-state index in [2.05, 4.69) is 10.6 Å². The number of ether oxygens (including phenoxy) is 2. The summed E-state index contributed by atoms with van der Waals surface area (Å²) in [5, 5.41) is 5.47. The van der Waals surface area contributed by atoms with E-state index >= 15 is 0 Å². The fourth-order valence-electron chi connectivity index (χ4n) is 6.87. The molecule has 2 saturated carbocycles. The van der Waals surface area contributed by atoms with Crippen molar-refractivity contribution in [2.75, 3.05) is 6.54 Å². The van der Waals surface area contributed by atoms with Gasteiger partial charge in [0.25, 0.3) is 5.91 Å². The highest BCUT2D eigenvalue weighted by molar-refractivity contribution is 6.37. The molecule has 242 valence electrons. The molecule has 1 saturated heterocycles. The second-order valence-electron chi connectivity index (χ2n) is 14.2. The van der Waals surface area contributed by atoms with Crippen molar-refractivity contribution >= 4 is 35.6 Å². The average molecular weight is 607 g/mol. The van der Waals surface area contributed by atoms with E-state index in [9.17, 15) is 28.8 Å². The Balaban J connectivity index is 1.90. The molecule has 12 heteroatoms. The Hall–Kier alpha value is -3.18. The average Bonchev–Trinajstić information content (AvgIpc) is 3.21. The zero-order chi connectivity index (χ0) is 32.4. The summed E-state index contributed by atoms with van der Waals surface area (Å²) in [6, 6.07) is -3.03. The number of ketones is 1. The van der Waals surface area contributed by atoms with Gasteiger partial charge in [-0.2, -0.15) is 0 Å². The molecular weight excluding hydrogens is 556 g/mol. The summed E-state index contributed by atoms with van der Waals surface area (Å²) >= 11 is 0. The number of likely N-dealkylation sites (tertiary alicyclic amines) is 1. The lowest BCUT2D eigenvalue weighted by molar-refractivity contribution is -0.155. The number of esters is 1. The number of fused-ring (bicyclic) bond motifs is 1. The minimum absolute atomic E-state index is 0.0472. The van der Waals surface area contributed by atoms with Crippen LogP contribution in [-0.4, -0.2) is 76.8 Å². The lowest BCUT2D eigenvalue weighted by Gasteiger charge is -2.38. The van der Waals surface area contributed by atoms with E-state index in [0.29, 0.717) is 38.6 Å². The molecule has 4 amide bonds. The molecule has 1 aliphatic heterocycles. The number of piperidine rings is 1. The lowest BCUT2D eigenvalue weighted by atomic mass is 9.77. The molecule has 3 fully saturated rings. The molecular formula is C31H50N4O8. The highest BCUT2D eigenvalue weighted by Gasteiger charge is 2.69. The molecule has 3 rings (SSSR count). The number of Topliss-reactive ketones (excluding diaryl/α,β-unsaturated/α-hetero) is 1. The maximum Gasteiger partial charge on any atom is 0.408 e. The van der Waals surface area contributed by atoms with Crippen molar-refractivity contribution in [2.24, 2.45) is 34.8 Å². The van der Waals surface area contributed by atoms with Gasteiger partial charge in [-0.05, 0) is 83.5 Å². The van der Waals surface area contributed by atoms with Gasteiger partial charge in [-0.3, -0.25) is 24.0 Å². The summed E-state index contributed by atoms with van der Waals surface area (Å²) in [5.74, 6) is -4.24. The Bertz CT molecular complexity index is 1110. The van der Waals surface area contributed by atoms with Gasteiger partial charge in [0, 0.05) is 6.54 Å². The van der Waals surface area contributed by atoms with Crippen LogP contribution >= 0.6 is 0 Å². The molecule has 7 atom stereocenters. The third-order valence-corrected chi connectivity index (χ3v) is 9.02. The Morgan fingerprint density at radius 1 is 1.05 bits per heavy atom. The van der Waals surface area contributed by atoms with Crippen molar-refractivity contribution < 1.29 is 38.2 Å². The predicted octanol–water partition coefficient (Wildman–Crippen LogP) is 2.46. The van der Waals surface area contributed by atoms with Gasteiger partial charge < -0.3 is 30.7 Å². The molecule has 3 aliphatic rings. The van der Waals surface area contributed by atoms with Gasteiger partial charge in [0.15, 0.2) is 0 Å². The van der Waals surface area contributed by atoms with Crippen LogP contribution in [0.1, 0.15) is 93.9 Å². The molecule has 1 heterocycles. The number of primary amides is 1. The van der Waals surface area contributed by atoms with Crippen molar-refractivity contribution in [3.05, 3.63) is 0 Å². The zero-order valence-electron chi connectivity index (χ0n) is 26.9. The van der Waals surface area contributed by atoms with Crippen LogP contribution in [0.4, 0.5) is 4.79 Å². The van der Waals surface area contributed by atoms with Gasteiger partial charge in [-0.15, -0.1) is 0 Å². The first-order chi connectivity index (χ1) is 19.9. The van der Waals surface area contributed by atoms with Crippen LogP contribution in [0, 0.1) is 29.1 Å². The zero-order valence-corrected chi connectivity index (χ0v) is 26.9. The lowest BCUT2D eigenvalue weighted by Crippen LogP contribution is -2.60. The van der Waals surface area contributed by atoms with E-state index in [1.165, 1.54) is 4.90 Å². The second kappa shape index (κ2) is 13.2. The molecule has 0 spiro atoms. The highest BCUT2D eigenvalue weighted by atomic mass is 16.6. The fourth-order valence-corrected chi connectivity index (χ4v) is 6.87. The monoisotopic (exact) mass is 606 g/mol. The summed E-state index contributed by atoms with van der Waals surface area (Å²) in [6.45, 7) is 14.9. The molecule has 5 unspecified atom stereocenters. The van der Waals surface area contributed by atoms with E-state index in [4.69, 9.17) is 15.2 Å². The summed E-state index contributed by atoms with van der Waals surface area (Å²) in [6.07, 6.45) is 1.93. The van der Waals surface area contributed by atoms with E-state index in [1.54, 1.807) is 34.6 Å². The van der Waals surface area contributed by atoms with Gasteiger partial charge >= 0.3 is 12.1 Å². The number of alkyl carbamates (subject to hydrolysis) is 1. The number of carbonyl (C=O) groups excluding carboxylic acids is 6. The number of amides is 4. The van der Waals surface area contributed by atoms with Crippen LogP contribution < -0.4 is 16.4 Å². The van der Waals surface area contributed by atoms with Crippen LogP contribution in [-0.2, 0) is 33.4 Å². The Labute approximate surface area is 254 Å². The Morgan fingerprint density at radius 3 is 2.26 bits per heavy atom. The molecule has 0 aromatic carbocycles. The van der Waals surface area contributed by atoms with Crippen LogP contribution in [0.15, 0.2) is 0 Å². The van der Waals surface area contributed by atoms with Crippen molar-refractivity contribution in [1.29, 1.82) is 0 Å². The third kappa shape index (κ3) is 8.06. The largest absolute Gasteiger partial charge is 0.463 e. The number of nitrogens with zero attached hydrogens (tertiary/aromatic N) is 1. The Morgan fingerprint density at radius 2 is 1.70 bits per heavy atom. The molecule has 0 aromatic rings. The topological polar surface area (TPSA) is 174 Å². The maximum absolute atomic E-state index is 14.4. The predicted molar refractivity (Wildman–Crippen MR) is 157 cm³/mol. The first-order valence-corrected chi connectivity index (χ1v) is 15.5. The highest BCUT2D eigenvalue weighted by Crippen LogP contribution is 2.65. The van der Waals surface area contributed by atoms with Gasteiger partial charge in [-0.1, -0.05) is 33.6 Å². The molecule has 0 bridgehead atoms. The minimum Gasteiger partial charge on any atom is -0.463 e. The fraction of sp³-hybridized carbons (Fsp3) is 0.806. The smallest absolute Gasteiger partial charge is 0.408 e. The minimum atomic E-state index is -1.13. The second-order valence-corrected chi connectivity index (χ2v) is 14.2. The molecule has 43 heavy (non-hydrogen) atoms.